The maximum absolute atomic E-state index is 13.2. The maximum Gasteiger partial charge on any atom is 0.244 e. The molecule has 186 valence electrons. The SMILES string of the molecule is O=C(Cn1cc(Cn2c(-c3ccccc3)nc3ccccc32)nn1)N1CCN(c2ccc(F)cc2)CC1. The molecule has 5 aromatic rings. The van der Waals surface area contributed by atoms with Crippen LogP contribution in [0.25, 0.3) is 22.4 Å². The fourth-order valence-electron chi connectivity index (χ4n) is 4.80. The number of imidazole rings is 1. The Morgan fingerprint density at radius 1 is 0.865 bits per heavy atom. The lowest BCUT2D eigenvalue weighted by atomic mass is 10.2. The Morgan fingerprint density at radius 2 is 1.59 bits per heavy atom. The molecule has 1 aliphatic heterocycles. The molecule has 0 N–H and O–H groups in total. The first-order valence-electron chi connectivity index (χ1n) is 12.3. The number of para-hydroxylation sites is 2. The van der Waals surface area contributed by atoms with E-state index in [1.165, 1.54) is 12.1 Å². The number of nitrogens with zero attached hydrogens (tertiary/aromatic N) is 7. The van der Waals surface area contributed by atoms with Gasteiger partial charge in [0, 0.05) is 37.4 Å². The van der Waals surface area contributed by atoms with Crippen LogP contribution in [-0.4, -0.2) is 61.5 Å². The van der Waals surface area contributed by atoms with Crippen LogP contribution in [0.1, 0.15) is 5.69 Å². The van der Waals surface area contributed by atoms with Crippen molar-refractivity contribution in [1.82, 2.24) is 29.4 Å². The second kappa shape index (κ2) is 9.85. The average Bonchev–Trinajstić information content (AvgIpc) is 3.54. The van der Waals surface area contributed by atoms with Crippen LogP contribution in [0.3, 0.4) is 0 Å². The quantitative estimate of drug-likeness (QED) is 0.358. The molecule has 1 aliphatic rings. The summed E-state index contributed by atoms with van der Waals surface area (Å²) in [7, 11) is 0. The van der Waals surface area contributed by atoms with E-state index in [0.717, 1.165) is 33.8 Å². The number of hydrogen-bond acceptors (Lipinski definition) is 5. The summed E-state index contributed by atoms with van der Waals surface area (Å²) in [5.41, 5.74) is 4.70. The Bertz CT molecular complexity index is 1520. The van der Waals surface area contributed by atoms with Gasteiger partial charge in [-0.1, -0.05) is 47.7 Å². The summed E-state index contributed by atoms with van der Waals surface area (Å²) in [4.78, 5) is 21.8. The van der Waals surface area contributed by atoms with Crippen molar-refractivity contribution in [3.63, 3.8) is 0 Å². The van der Waals surface area contributed by atoms with Gasteiger partial charge < -0.3 is 14.4 Å². The zero-order valence-corrected chi connectivity index (χ0v) is 20.2. The number of fused-ring (bicyclic) bond motifs is 1. The third-order valence-electron chi connectivity index (χ3n) is 6.71. The molecule has 0 aliphatic carbocycles. The minimum absolute atomic E-state index is 0.00765. The number of benzene rings is 3. The summed E-state index contributed by atoms with van der Waals surface area (Å²) in [6.45, 7) is 3.26. The van der Waals surface area contributed by atoms with Gasteiger partial charge in [-0.25, -0.2) is 14.1 Å². The van der Waals surface area contributed by atoms with Crippen LogP contribution < -0.4 is 4.90 Å². The Labute approximate surface area is 213 Å². The number of anilines is 1. The van der Waals surface area contributed by atoms with Crippen LogP contribution >= 0.6 is 0 Å². The van der Waals surface area contributed by atoms with E-state index in [1.807, 2.05) is 65.7 Å². The van der Waals surface area contributed by atoms with Crippen LogP contribution in [-0.2, 0) is 17.9 Å². The van der Waals surface area contributed by atoms with E-state index >= 15 is 0 Å². The van der Waals surface area contributed by atoms with Gasteiger partial charge in [-0.05, 0) is 36.4 Å². The van der Waals surface area contributed by atoms with Crippen molar-refractivity contribution in [2.24, 2.45) is 0 Å². The summed E-state index contributed by atoms with van der Waals surface area (Å²) in [5.74, 6) is 0.627. The molecule has 0 saturated carbocycles. The van der Waals surface area contributed by atoms with Gasteiger partial charge in [-0.2, -0.15) is 0 Å². The molecule has 1 saturated heterocycles. The molecule has 1 fully saturated rings. The molecule has 0 radical (unpaired) electrons. The molecular weight excluding hydrogens is 469 g/mol. The van der Waals surface area contributed by atoms with Gasteiger partial charge in [-0.3, -0.25) is 4.79 Å². The highest BCUT2D eigenvalue weighted by atomic mass is 19.1. The standard InChI is InChI=1S/C28H26FN7O/c29-22-10-12-24(13-11-22)33-14-16-34(17-15-33)27(37)20-35-18-23(31-32-35)19-36-26-9-5-4-8-25(26)30-28(36)21-6-2-1-3-7-21/h1-13,18H,14-17,19-20H2. The summed E-state index contributed by atoms with van der Waals surface area (Å²) in [6.07, 6.45) is 1.83. The summed E-state index contributed by atoms with van der Waals surface area (Å²) in [6, 6.07) is 24.6. The molecule has 3 heterocycles. The van der Waals surface area contributed by atoms with Crippen LogP contribution in [0, 0.1) is 5.82 Å². The predicted octanol–water partition coefficient (Wildman–Crippen LogP) is 3.83. The van der Waals surface area contributed by atoms with Gasteiger partial charge in [0.25, 0.3) is 0 Å². The largest absolute Gasteiger partial charge is 0.368 e. The first-order valence-corrected chi connectivity index (χ1v) is 12.3. The van der Waals surface area contributed by atoms with Crippen molar-refractivity contribution in [3.8, 4) is 11.4 Å². The smallest absolute Gasteiger partial charge is 0.244 e. The lowest BCUT2D eigenvalue weighted by Gasteiger charge is -2.36. The fraction of sp³-hybridized carbons (Fsp3) is 0.214. The highest BCUT2D eigenvalue weighted by Gasteiger charge is 2.22. The maximum atomic E-state index is 13.2. The van der Waals surface area contributed by atoms with Gasteiger partial charge in [0.15, 0.2) is 0 Å². The van der Waals surface area contributed by atoms with Gasteiger partial charge in [0.1, 0.15) is 23.9 Å². The number of amides is 1. The third kappa shape index (κ3) is 4.80. The zero-order chi connectivity index (χ0) is 25.2. The lowest BCUT2D eigenvalue weighted by Crippen LogP contribution is -2.49. The molecule has 3 aromatic carbocycles. The van der Waals surface area contributed by atoms with Crippen LogP contribution in [0.2, 0.25) is 0 Å². The van der Waals surface area contributed by atoms with Crippen molar-refractivity contribution in [3.05, 3.63) is 96.6 Å². The Hall–Kier alpha value is -4.53. The van der Waals surface area contributed by atoms with Crippen LogP contribution in [0.15, 0.2) is 85.1 Å². The average molecular weight is 496 g/mol. The second-order valence-electron chi connectivity index (χ2n) is 9.13. The van der Waals surface area contributed by atoms with E-state index in [-0.39, 0.29) is 18.3 Å². The van der Waals surface area contributed by atoms with Gasteiger partial charge >= 0.3 is 0 Å². The number of carbonyl (C=O) groups excluding carboxylic acids is 1. The molecule has 0 spiro atoms. The molecular formula is C28H26FN7O. The highest BCUT2D eigenvalue weighted by Crippen LogP contribution is 2.25. The normalized spacial score (nSPS) is 13.9. The second-order valence-corrected chi connectivity index (χ2v) is 9.13. The Morgan fingerprint density at radius 3 is 2.38 bits per heavy atom. The fourth-order valence-corrected chi connectivity index (χ4v) is 4.80. The molecule has 2 aromatic heterocycles. The van der Waals surface area contributed by atoms with Gasteiger partial charge in [0.05, 0.1) is 23.8 Å². The first-order chi connectivity index (χ1) is 18.1. The van der Waals surface area contributed by atoms with Gasteiger partial charge in [-0.15, -0.1) is 5.10 Å². The molecule has 37 heavy (non-hydrogen) atoms. The summed E-state index contributed by atoms with van der Waals surface area (Å²) >= 11 is 0. The molecule has 0 bridgehead atoms. The van der Waals surface area contributed by atoms with Gasteiger partial charge in [0.2, 0.25) is 5.91 Å². The molecule has 0 unspecified atom stereocenters. The number of piperazine rings is 1. The Kier molecular flexibility index (Phi) is 6.10. The minimum Gasteiger partial charge on any atom is -0.368 e. The molecule has 0 atom stereocenters. The van der Waals surface area contributed by atoms with E-state index in [9.17, 15) is 9.18 Å². The van der Waals surface area contributed by atoms with E-state index < -0.39 is 0 Å². The third-order valence-corrected chi connectivity index (χ3v) is 6.71. The van der Waals surface area contributed by atoms with Crippen molar-refractivity contribution in [2.75, 3.05) is 31.1 Å². The summed E-state index contributed by atoms with van der Waals surface area (Å²) < 4.78 is 17.0. The van der Waals surface area contributed by atoms with E-state index in [1.54, 1.807) is 16.8 Å². The molecule has 1 amide bonds. The molecule has 8 nitrogen and oxygen atoms in total. The topological polar surface area (TPSA) is 72.1 Å². The van der Waals surface area contributed by atoms with Crippen molar-refractivity contribution in [1.29, 1.82) is 0 Å². The number of carbonyl (C=O) groups is 1. The first kappa shape index (κ1) is 22.9. The minimum atomic E-state index is -0.248. The number of rotatable bonds is 6. The zero-order valence-electron chi connectivity index (χ0n) is 20.2. The predicted molar refractivity (Wildman–Crippen MR) is 139 cm³/mol. The molecule has 9 heteroatoms. The number of halogens is 1. The molecule has 6 rings (SSSR count). The van der Waals surface area contributed by atoms with Crippen LogP contribution in [0.4, 0.5) is 10.1 Å². The number of hydrogen-bond donors (Lipinski definition) is 0. The van der Waals surface area contributed by atoms with E-state index in [0.29, 0.717) is 32.7 Å². The highest BCUT2D eigenvalue weighted by molar-refractivity contribution is 5.80. The van der Waals surface area contributed by atoms with E-state index in [4.69, 9.17) is 4.98 Å². The van der Waals surface area contributed by atoms with Crippen LogP contribution in [0.5, 0.6) is 0 Å². The van der Waals surface area contributed by atoms with Crippen molar-refractivity contribution >= 4 is 22.6 Å². The lowest BCUT2D eigenvalue weighted by molar-refractivity contribution is -0.132. The number of aromatic nitrogens is 5. The van der Waals surface area contributed by atoms with Crippen molar-refractivity contribution in [2.45, 2.75) is 13.1 Å². The summed E-state index contributed by atoms with van der Waals surface area (Å²) in [5, 5.41) is 8.57. The monoisotopic (exact) mass is 495 g/mol. The Balaban J connectivity index is 1.13. The van der Waals surface area contributed by atoms with E-state index in [2.05, 4.69) is 19.8 Å². The van der Waals surface area contributed by atoms with Crippen molar-refractivity contribution < 1.29 is 9.18 Å².